The molecule has 0 radical (unpaired) electrons. The molecule has 8 heteroatoms. The first-order chi connectivity index (χ1) is 6.34. The fraction of sp³-hybridized carbons (Fsp3) is 0.167. The Morgan fingerprint density at radius 2 is 1.79 bits per heavy atom. The van der Waals surface area contributed by atoms with E-state index in [1.165, 1.54) is 0 Å². The van der Waals surface area contributed by atoms with Crippen LogP contribution in [0, 0.1) is 0 Å². The average molecular weight is 243 g/mol. The summed E-state index contributed by atoms with van der Waals surface area (Å²) in [5.74, 6) is -7.80. The molecule has 1 N–H and O–H groups in total. The maximum atomic E-state index is 12.8. The van der Waals surface area contributed by atoms with Crippen LogP contribution in [0.1, 0.15) is 5.82 Å². The van der Waals surface area contributed by atoms with E-state index < -0.39 is 17.7 Å². The molecule has 1 aromatic rings. The third kappa shape index (κ3) is 2.08. The second-order valence-corrected chi connectivity index (χ2v) is 2.99. The minimum Gasteiger partial charge on any atom is -0.476 e. The number of alkyl halides is 2. The Labute approximate surface area is 86.5 Å². The average Bonchev–Trinajstić information content (AvgIpc) is 2.01. The molecule has 0 aliphatic rings. The van der Waals surface area contributed by atoms with Crippen molar-refractivity contribution in [1.29, 1.82) is 0 Å². The van der Waals surface area contributed by atoms with E-state index in [-0.39, 0.29) is 10.3 Å². The number of hydrogen-bond donors (Lipinski definition) is 1. The third-order valence-corrected chi connectivity index (χ3v) is 1.60. The molecule has 0 atom stereocenters. The maximum Gasteiger partial charge on any atom is 0.401 e. The number of carboxylic acids is 1. The van der Waals surface area contributed by atoms with Crippen LogP contribution in [0.15, 0.2) is 6.07 Å². The van der Waals surface area contributed by atoms with Crippen molar-refractivity contribution >= 4 is 29.2 Å². The molecule has 0 bridgehead atoms. The molecule has 0 saturated heterocycles. The highest BCUT2D eigenvalue weighted by atomic mass is 35.5. The van der Waals surface area contributed by atoms with Gasteiger partial charge in [0.05, 0.1) is 0 Å². The number of nitrogens with zero attached hydrogens (tertiary/aromatic N) is 2. The standard InChI is InChI=1S/C6H2Cl2F2N2O2/c7-2-1-3(8)12-4(11-2)6(9,10)5(13)14/h1H,(H,13,14). The lowest BCUT2D eigenvalue weighted by molar-refractivity contribution is -0.167. The molecule has 1 rings (SSSR count). The van der Waals surface area contributed by atoms with Gasteiger partial charge >= 0.3 is 11.9 Å². The van der Waals surface area contributed by atoms with Gasteiger partial charge in [0.25, 0.3) is 0 Å². The Morgan fingerprint density at radius 3 is 2.14 bits per heavy atom. The van der Waals surface area contributed by atoms with Crippen LogP contribution in [-0.4, -0.2) is 21.0 Å². The van der Waals surface area contributed by atoms with Gasteiger partial charge in [-0.25, -0.2) is 14.8 Å². The summed E-state index contributed by atoms with van der Waals surface area (Å²) in [6.45, 7) is 0. The highest BCUT2D eigenvalue weighted by molar-refractivity contribution is 6.33. The van der Waals surface area contributed by atoms with Crippen molar-refractivity contribution in [1.82, 2.24) is 9.97 Å². The number of hydrogen-bond acceptors (Lipinski definition) is 3. The van der Waals surface area contributed by atoms with Crippen LogP contribution in [0.2, 0.25) is 10.3 Å². The van der Waals surface area contributed by atoms with Gasteiger partial charge in [0.15, 0.2) is 0 Å². The summed E-state index contributed by atoms with van der Waals surface area (Å²) in [5, 5.41) is 7.47. The van der Waals surface area contributed by atoms with Gasteiger partial charge in [-0.15, -0.1) is 0 Å². The maximum absolute atomic E-state index is 12.8. The zero-order valence-corrected chi connectivity index (χ0v) is 7.85. The number of rotatable bonds is 2. The van der Waals surface area contributed by atoms with Crippen molar-refractivity contribution in [2.24, 2.45) is 0 Å². The summed E-state index contributed by atoms with van der Waals surface area (Å²) >= 11 is 10.6. The predicted molar refractivity (Wildman–Crippen MR) is 43.6 cm³/mol. The molecule has 0 saturated carbocycles. The van der Waals surface area contributed by atoms with E-state index in [1.54, 1.807) is 0 Å². The van der Waals surface area contributed by atoms with Crippen molar-refractivity contribution in [3.05, 3.63) is 22.2 Å². The van der Waals surface area contributed by atoms with Gasteiger partial charge in [-0.3, -0.25) is 0 Å². The van der Waals surface area contributed by atoms with Crippen molar-refractivity contribution < 1.29 is 18.7 Å². The van der Waals surface area contributed by atoms with Crippen LogP contribution in [0.3, 0.4) is 0 Å². The summed E-state index contributed by atoms with van der Waals surface area (Å²) in [6, 6.07) is 1.02. The molecule has 14 heavy (non-hydrogen) atoms. The molecule has 4 nitrogen and oxygen atoms in total. The molecule has 0 unspecified atom stereocenters. The van der Waals surface area contributed by atoms with Gasteiger partial charge in [0.1, 0.15) is 10.3 Å². The third-order valence-electron chi connectivity index (χ3n) is 1.21. The second kappa shape index (κ2) is 3.62. The number of aliphatic carboxylic acids is 1. The van der Waals surface area contributed by atoms with Crippen molar-refractivity contribution in [2.75, 3.05) is 0 Å². The normalized spacial score (nSPS) is 11.4. The molecule has 0 amide bonds. The number of carboxylic acid groups (broad SMARTS) is 1. The lowest BCUT2D eigenvalue weighted by atomic mass is 10.3. The van der Waals surface area contributed by atoms with E-state index in [9.17, 15) is 13.6 Å². The van der Waals surface area contributed by atoms with Crippen LogP contribution < -0.4 is 0 Å². The van der Waals surface area contributed by atoms with E-state index >= 15 is 0 Å². The zero-order valence-electron chi connectivity index (χ0n) is 6.34. The largest absolute Gasteiger partial charge is 0.476 e. The Bertz CT molecular complexity index is 366. The summed E-state index contributed by atoms with van der Waals surface area (Å²) in [7, 11) is 0. The quantitative estimate of drug-likeness (QED) is 0.806. The predicted octanol–water partition coefficient (Wildman–Crippen LogP) is 1.96. The summed E-state index contributed by atoms with van der Waals surface area (Å²) < 4.78 is 25.6. The molecular weight excluding hydrogens is 241 g/mol. The molecule has 1 heterocycles. The lowest BCUT2D eigenvalue weighted by Crippen LogP contribution is -2.28. The van der Waals surface area contributed by atoms with Crippen LogP contribution >= 0.6 is 23.2 Å². The molecule has 0 aliphatic carbocycles. The van der Waals surface area contributed by atoms with Gasteiger partial charge in [0.2, 0.25) is 5.82 Å². The van der Waals surface area contributed by atoms with Crippen molar-refractivity contribution in [3.63, 3.8) is 0 Å². The van der Waals surface area contributed by atoms with E-state index in [0.29, 0.717) is 0 Å². The summed E-state index contributed by atoms with van der Waals surface area (Å²) in [5.41, 5.74) is 0. The van der Waals surface area contributed by atoms with Crippen molar-refractivity contribution in [3.8, 4) is 0 Å². The molecule has 1 aromatic heterocycles. The number of halogens is 4. The van der Waals surface area contributed by atoms with E-state index in [4.69, 9.17) is 28.3 Å². The van der Waals surface area contributed by atoms with Gasteiger partial charge in [-0.05, 0) is 0 Å². The van der Waals surface area contributed by atoms with Crippen LogP contribution in [0.4, 0.5) is 8.78 Å². The highest BCUT2D eigenvalue weighted by Crippen LogP contribution is 2.27. The van der Waals surface area contributed by atoms with Crippen LogP contribution in [0.5, 0.6) is 0 Å². The van der Waals surface area contributed by atoms with Gasteiger partial charge in [-0.1, -0.05) is 23.2 Å². The first-order valence-corrected chi connectivity index (χ1v) is 3.91. The first kappa shape index (κ1) is 11.1. The van der Waals surface area contributed by atoms with Gasteiger partial charge < -0.3 is 5.11 Å². The number of aromatic nitrogens is 2. The van der Waals surface area contributed by atoms with Crippen molar-refractivity contribution in [2.45, 2.75) is 5.92 Å². The first-order valence-electron chi connectivity index (χ1n) is 3.16. The van der Waals surface area contributed by atoms with Crippen LogP contribution in [-0.2, 0) is 10.7 Å². The lowest BCUT2D eigenvalue weighted by Gasteiger charge is -2.09. The second-order valence-electron chi connectivity index (χ2n) is 2.22. The minimum atomic E-state index is -4.20. The molecule has 0 aromatic carbocycles. The molecule has 76 valence electrons. The fourth-order valence-corrected chi connectivity index (χ4v) is 1.05. The van der Waals surface area contributed by atoms with Gasteiger partial charge in [0, 0.05) is 6.07 Å². The smallest absolute Gasteiger partial charge is 0.401 e. The van der Waals surface area contributed by atoms with E-state index in [1.807, 2.05) is 0 Å². The fourth-order valence-electron chi connectivity index (χ4n) is 0.626. The van der Waals surface area contributed by atoms with E-state index in [2.05, 4.69) is 9.97 Å². The Morgan fingerprint density at radius 1 is 1.36 bits per heavy atom. The zero-order chi connectivity index (χ0) is 10.9. The monoisotopic (exact) mass is 242 g/mol. The van der Waals surface area contributed by atoms with Crippen LogP contribution in [0.25, 0.3) is 0 Å². The summed E-state index contributed by atoms with van der Waals surface area (Å²) in [4.78, 5) is 16.3. The molecular formula is C6H2Cl2F2N2O2. The molecule has 0 aliphatic heterocycles. The molecule has 0 fully saturated rings. The highest BCUT2D eigenvalue weighted by Gasteiger charge is 2.44. The topological polar surface area (TPSA) is 63.1 Å². The Balaban J connectivity index is 3.25. The van der Waals surface area contributed by atoms with Gasteiger partial charge in [-0.2, -0.15) is 8.78 Å². The van der Waals surface area contributed by atoms with E-state index in [0.717, 1.165) is 6.07 Å². The minimum absolute atomic E-state index is 0.346. The summed E-state index contributed by atoms with van der Waals surface area (Å²) in [6.07, 6.45) is 0. The SMILES string of the molecule is O=C(O)C(F)(F)c1nc(Cl)cc(Cl)n1. The Kier molecular flexibility index (Phi) is 2.86. The number of carbonyl (C=O) groups is 1. The Hall–Kier alpha value is -1.01. The molecule has 0 spiro atoms.